The molecule has 0 fully saturated rings. The van der Waals surface area contributed by atoms with E-state index in [0.717, 1.165) is 4.90 Å². The summed E-state index contributed by atoms with van der Waals surface area (Å²) in [5.41, 5.74) is 0.397. The van der Waals surface area contributed by atoms with Crippen LogP contribution >= 0.6 is 0 Å². The number of ether oxygens (including phenoxy) is 1. The van der Waals surface area contributed by atoms with Gasteiger partial charge < -0.3 is 14.9 Å². The van der Waals surface area contributed by atoms with E-state index in [1.54, 1.807) is 26.8 Å². The number of carboxylic acid groups (broad SMARTS) is 1. The molecule has 0 saturated heterocycles. The van der Waals surface area contributed by atoms with Gasteiger partial charge in [0.15, 0.2) is 0 Å². The van der Waals surface area contributed by atoms with Gasteiger partial charge in [0.05, 0.1) is 18.0 Å². The van der Waals surface area contributed by atoms with Gasteiger partial charge >= 0.3 is 12.1 Å². The van der Waals surface area contributed by atoms with Gasteiger partial charge in [-0.3, -0.25) is 4.90 Å². The molecule has 27 heavy (non-hydrogen) atoms. The van der Waals surface area contributed by atoms with Crippen molar-refractivity contribution in [3.63, 3.8) is 0 Å². The number of aliphatic hydroxyl groups is 1. The van der Waals surface area contributed by atoms with E-state index in [4.69, 9.17) is 9.84 Å². The number of benzene rings is 1. The third-order valence-electron chi connectivity index (χ3n) is 3.94. The number of rotatable bonds is 5. The molecule has 1 aliphatic heterocycles. The lowest BCUT2D eigenvalue weighted by Gasteiger charge is -2.35. The summed E-state index contributed by atoms with van der Waals surface area (Å²) in [4.78, 5) is 25.1. The number of amides is 1. The molecule has 0 saturated carbocycles. The van der Waals surface area contributed by atoms with Gasteiger partial charge in [-0.05, 0) is 44.0 Å². The fraction of sp³-hybridized carbons (Fsp3) is 0.529. The van der Waals surface area contributed by atoms with Gasteiger partial charge in [-0.2, -0.15) is 0 Å². The summed E-state index contributed by atoms with van der Waals surface area (Å²) in [5, 5.41) is 18.3. The maximum Gasteiger partial charge on any atom is 0.411 e. The van der Waals surface area contributed by atoms with Gasteiger partial charge in [0.25, 0.3) is 0 Å². The fourth-order valence-corrected chi connectivity index (χ4v) is 3.80. The first kappa shape index (κ1) is 21.1. The number of hydrogen-bond acceptors (Lipinski definition) is 6. The van der Waals surface area contributed by atoms with E-state index in [1.807, 2.05) is 0 Å². The monoisotopic (exact) mass is 400 g/mol. The topological polar surface area (TPSA) is 133 Å². The van der Waals surface area contributed by atoms with Crippen LogP contribution in [-0.2, 0) is 32.5 Å². The average Bonchev–Trinajstić information content (AvgIpc) is 2.56. The Morgan fingerprint density at radius 2 is 1.96 bits per heavy atom. The van der Waals surface area contributed by atoms with Crippen molar-refractivity contribution in [3.8, 4) is 0 Å². The first-order valence-electron chi connectivity index (χ1n) is 8.39. The number of carboxylic acids is 1. The van der Waals surface area contributed by atoms with Crippen LogP contribution in [0.4, 0.5) is 4.79 Å². The minimum atomic E-state index is -3.81. The number of fused-ring (bicyclic) bond motifs is 1. The van der Waals surface area contributed by atoms with Crippen LogP contribution in [0.25, 0.3) is 0 Å². The standard InChI is InChI=1S/C17H24N2O7S/c1-17(2,3)26-16(23)19-10-12-8-13(27(24,25)18-6-7-20)5-4-11(12)9-14(19)15(21)22/h4-5,8,14,18,20H,6-7,9-10H2,1-3H3,(H,21,22)/t14-/m0/s1. The Bertz CT molecular complexity index is 830. The smallest absolute Gasteiger partial charge is 0.411 e. The summed E-state index contributed by atoms with van der Waals surface area (Å²) >= 11 is 0. The number of nitrogens with one attached hydrogen (secondary N) is 1. The van der Waals surface area contributed by atoms with Crippen LogP contribution in [0.1, 0.15) is 31.9 Å². The Morgan fingerprint density at radius 1 is 1.30 bits per heavy atom. The van der Waals surface area contributed by atoms with Crippen LogP contribution in [0.2, 0.25) is 0 Å². The summed E-state index contributed by atoms with van der Waals surface area (Å²) < 4.78 is 32.0. The molecule has 0 aromatic heterocycles. The molecule has 9 nitrogen and oxygen atoms in total. The fourth-order valence-electron chi connectivity index (χ4n) is 2.72. The average molecular weight is 400 g/mol. The van der Waals surface area contributed by atoms with E-state index in [0.29, 0.717) is 11.1 Å². The number of aliphatic carboxylic acids is 1. The van der Waals surface area contributed by atoms with Crippen molar-refractivity contribution in [1.82, 2.24) is 9.62 Å². The molecule has 10 heteroatoms. The van der Waals surface area contributed by atoms with Crippen LogP contribution in [0.5, 0.6) is 0 Å². The number of sulfonamides is 1. The quantitative estimate of drug-likeness (QED) is 0.662. The molecule has 1 aromatic rings. The highest BCUT2D eigenvalue weighted by molar-refractivity contribution is 7.89. The maximum atomic E-state index is 12.4. The molecular formula is C17H24N2O7S. The van der Waals surface area contributed by atoms with Gasteiger partial charge in [0.2, 0.25) is 10.0 Å². The molecular weight excluding hydrogens is 376 g/mol. The summed E-state index contributed by atoms with van der Waals surface area (Å²) in [6.07, 6.45) is -0.721. The summed E-state index contributed by atoms with van der Waals surface area (Å²) in [6.45, 7) is 4.49. The van der Waals surface area contributed by atoms with Crippen molar-refractivity contribution in [1.29, 1.82) is 0 Å². The first-order chi connectivity index (χ1) is 12.4. The lowest BCUT2D eigenvalue weighted by molar-refractivity contribution is -0.143. The Kier molecular flexibility index (Phi) is 6.13. The van der Waals surface area contributed by atoms with Crippen molar-refractivity contribution in [2.24, 2.45) is 0 Å². The summed E-state index contributed by atoms with van der Waals surface area (Å²) in [5.74, 6) is -1.16. The number of hydrogen-bond donors (Lipinski definition) is 3. The van der Waals surface area contributed by atoms with E-state index in [-0.39, 0.29) is 31.0 Å². The predicted octanol–water partition coefficient (Wildman–Crippen LogP) is 0.704. The molecule has 1 atom stereocenters. The number of carbonyl (C=O) groups is 2. The molecule has 1 heterocycles. The molecule has 1 aromatic carbocycles. The summed E-state index contributed by atoms with van der Waals surface area (Å²) in [6, 6.07) is 3.23. The van der Waals surface area contributed by atoms with Gasteiger partial charge in [-0.1, -0.05) is 6.07 Å². The molecule has 0 aliphatic carbocycles. The van der Waals surface area contributed by atoms with Crippen LogP contribution in [0, 0.1) is 0 Å². The molecule has 0 radical (unpaired) electrons. The minimum absolute atomic E-state index is 0.0207. The van der Waals surface area contributed by atoms with E-state index < -0.39 is 33.7 Å². The molecule has 0 spiro atoms. The van der Waals surface area contributed by atoms with E-state index >= 15 is 0 Å². The Labute approximate surface area is 158 Å². The SMILES string of the molecule is CC(C)(C)OC(=O)N1Cc2cc(S(=O)(=O)NCCO)ccc2C[C@H]1C(=O)O. The molecule has 0 unspecified atom stereocenters. The van der Waals surface area contributed by atoms with Crippen molar-refractivity contribution >= 4 is 22.1 Å². The first-order valence-corrected chi connectivity index (χ1v) is 9.87. The van der Waals surface area contributed by atoms with Crippen molar-refractivity contribution < 1.29 is 33.0 Å². The third-order valence-corrected chi connectivity index (χ3v) is 5.39. The van der Waals surface area contributed by atoms with E-state index in [9.17, 15) is 23.1 Å². The van der Waals surface area contributed by atoms with E-state index in [1.165, 1.54) is 12.1 Å². The highest BCUT2D eigenvalue weighted by Crippen LogP contribution is 2.27. The normalized spacial score (nSPS) is 17.3. The lowest BCUT2D eigenvalue weighted by atomic mass is 9.94. The van der Waals surface area contributed by atoms with Gasteiger partial charge in [-0.25, -0.2) is 22.7 Å². The van der Waals surface area contributed by atoms with Crippen molar-refractivity contribution in [2.75, 3.05) is 13.2 Å². The summed E-state index contributed by atoms with van der Waals surface area (Å²) in [7, 11) is -3.81. The predicted molar refractivity (Wildman–Crippen MR) is 95.6 cm³/mol. The van der Waals surface area contributed by atoms with Crippen molar-refractivity contribution in [3.05, 3.63) is 29.3 Å². The lowest BCUT2D eigenvalue weighted by Crippen LogP contribution is -2.50. The zero-order chi connectivity index (χ0) is 20.4. The third kappa shape index (κ3) is 5.18. The molecule has 2 rings (SSSR count). The zero-order valence-corrected chi connectivity index (χ0v) is 16.2. The molecule has 3 N–H and O–H groups in total. The maximum absolute atomic E-state index is 12.4. The van der Waals surface area contributed by atoms with Crippen LogP contribution in [0.3, 0.4) is 0 Å². The largest absolute Gasteiger partial charge is 0.480 e. The Balaban J connectivity index is 2.35. The zero-order valence-electron chi connectivity index (χ0n) is 15.4. The van der Waals surface area contributed by atoms with Gasteiger partial charge in [0, 0.05) is 13.0 Å². The highest BCUT2D eigenvalue weighted by Gasteiger charge is 2.37. The minimum Gasteiger partial charge on any atom is -0.480 e. The second kappa shape index (κ2) is 7.83. The van der Waals surface area contributed by atoms with Crippen molar-refractivity contribution in [2.45, 2.75) is 50.3 Å². The molecule has 1 amide bonds. The highest BCUT2D eigenvalue weighted by atomic mass is 32.2. The van der Waals surface area contributed by atoms with Crippen LogP contribution in [-0.4, -0.2) is 60.4 Å². The second-order valence-electron chi connectivity index (χ2n) is 7.22. The van der Waals surface area contributed by atoms with Gasteiger partial charge in [-0.15, -0.1) is 0 Å². The van der Waals surface area contributed by atoms with E-state index in [2.05, 4.69) is 4.72 Å². The number of carbonyl (C=O) groups excluding carboxylic acids is 1. The number of aliphatic hydroxyl groups excluding tert-OH is 1. The van der Waals surface area contributed by atoms with Crippen LogP contribution in [0.15, 0.2) is 23.1 Å². The van der Waals surface area contributed by atoms with Crippen LogP contribution < -0.4 is 4.72 Å². The number of nitrogens with zero attached hydrogens (tertiary/aromatic N) is 1. The molecule has 0 bridgehead atoms. The Hall–Kier alpha value is -2.17. The van der Waals surface area contributed by atoms with Gasteiger partial charge in [0.1, 0.15) is 11.6 Å². The molecule has 1 aliphatic rings. The second-order valence-corrected chi connectivity index (χ2v) is 8.99. The Morgan fingerprint density at radius 3 is 2.52 bits per heavy atom. The molecule has 150 valence electrons.